The third-order valence-electron chi connectivity index (χ3n) is 5.36. The zero-order valence-corrected chi connectivity index (χ0v) is 19.4. The Morgan fingerprint density at radius 2 is 1.57 bits per heavy atom. The van der Waals surface area contributed by atoms with Crippen molar-refractivity contribution in [3.05, 3.63) is 88.2 Å². The average molecular weight is 378 g/mol. The quantitative estimate of drug-likeness (QED) is 0.456. The van der Waals surface area contributed by atoms with Crippen molar-refractivity contribution in [2.75, 3.05) is 0 Å². The molecule has 0 spiro atoms. The molecule has 1 unspecified atom stereocenters. The number of rotatable bonds is 8. The Balaban J connectivity index is 3.98. The van der Waals surface area contributed by atoms with Crippen molar-refractivity contribution in [2.45, 2.75) is 68.4 Å². The minimum Gasteiger partial charge on any atom is -0.385 e. The van der Waals surface area contributed by atoms with Crippen molar-refractivity contribution in [3.8, 4) is 0 Å². The van der Waals surface area contributed by atoms with E-state index in [1.165, 1.54) is 44.6 Å². The van der Waals surface area contributed by atoms with E-state index in [1.54, 1.807) is 6.20 Å². The topological polar surface area (TPSA) is 12.0 Å². The highest BCUT2D eigenvalue weighted by atomic mass is 14.9. The molecule has 1 aromatic carbocycles. The first-order valence-electron chi connectivity index (χ1n) is 10.3. The van der Waals surface area contributed by atoms with Gasteiger partial charge in [0.15, 0.2) is 0 Å². The molecule has 0 aliphatic heterocycles. The molecule has 0 aliphatic carbocycles. The molecular formula is C27H39N. The predicted molar refractivity (Wildman–Crippen MR) is 127 cm³/mol. The molecule has 0 aromatic heterocycles. The fourth-order valence-electron chi connectivity index (χ4n) is 3.55. The van der Waals surface area contributed by atoms with Crippen LogP contribution in [-0.2, 0) is 0 Å². The zero-order chi connectivity index (χ0) is 21.4. The summed E-state index contributed by atoms with van der Waals surface area (Å²) in [6.07, 6.45) is 6.21. The van der Waals surface area contributed by atoms with Gasteiger partial charge in [0, 0.05) is 6.04 Å². The summed E-state index contributed by atoms with van der Waals surface area (Å²) in [5.41, 5.74) is 10.6. The molecule has 152 valence electrons. The van der Waals surface area contributed by atoms with E-state index in [1.807, 2.05) is 0 Å². The second-order valence-corrected chi connectivity index (χ2v) is 8.12. The summed E-state index contributed by atoms with van der Waals surface area (Å²) < 4.78 is 0. The van der Waals surface area contributed by atoms with Gasteiger partial charge >= 0.3 is 0 Å². The van der Waals surface area contributed by atoms with Gasteiger partial charge in [-0.05, 0) is 88.4 Å². The monoisotopic (exact) mass is 377 g/mol. The maximum atomic E-state index is 3.88. The first-order chi connectivity index (χ1) is 13.1. The van der Waals surface area contributed by atoms with E-state index < -0.39 is 0 Å². The summed E-state index contributed by atoms with van der Waals surface area (Å²) >= 11 is 0. The number of nitrogens with one attached hydrogen (secondary N) is 1. The third-order valence-corrected chi connectivity index (χ3v) is 5.36. The van der Waals surface area contributed by atoms with Gasteiger partial charge in [0.05, 0.1) is 0 Å². The standard InChI is InChI=1S/C27H39N/c1-11-13-25(21(8)18(3)4)27(26(19(5)6)23(10)28-12-2)22(9)24-16-14-20(7)15-17-24/h11-18,23,28H,2H2,1,3-10H3/b13-11-,25-21-,27-22?. The fourth-order valence-corrected chi connectivity index (χ4v) is 3.55. The Hall–Kier alpha value is -2.28. The Labute approximate surface area is 173 Å². The van der Waals surface area contributed by atoms with Crippen LogP contribution in [0.4, 0.5) is 0 Å². The normalized spacial score (nSPS) is 14.5. The van der Waals surface area contributed by atoms with E-state index >= 15 is 0 Å². The van der Waals surface area contributed by atoms with E-state index in [4.69, 9.17) is 0 Å². The SMILES string of the molecule is C=CNC(C)C(=C(C)C)C(=C(C)c1ccc(C)cc1)C(/C=C\C)=C(/C)C(C)C. The number of hydrogen-bond acceptors (Lipinski definition) is 1. The minimum atomic E-state index is 0.179. The van der Waals surface area contributed by atoms with Crippen LogP contribution < -0.4 is 5.32 Å². The number of allylic oxidation sites excluding steroid dienone is 6. The molecule has 0 heterocycles. The maximum absolute atomic E-state index is 3.88. The van der Waals surface area contributed by atoms with Gasteiger partial charge in [0.2, 0.25) is 0 Å². The van der Waals surface area contributed by atoms with Crippen LogP contribution in [-0.4, -0.2) is 6.04 Å². The highest BCUT2D eigenvalue weighted by Gasteiger charge is 2.21. The van der Waals surface area contributed by atoms with Crippen molar-refractivity contribution in [3.63, 3.8) is 0 Å². The second-order valence-electron chi connectivity index (χ2n) is 8.12. The van der Waals surface area contributed by atoms with Crippen LogP contribution in [0.3, 0.4) is 0 Å². The lowest BCUT2D eigenvalue weighted by Crippen LogP contribution is -2.25. The van der Waals surface area contributed by atoms with E-state index in [0.717, 1.165) is 0 Å². The van der Waals surface area contributed by atoms with Crippen molar-refractivity contribution in [1.82, 2.24) is 5.32 Å². The Morgan fingerprint density at radius 3 is 2.00 bits per heavy atom. The Kier molecular flexibility index (Phi) is 9.25. The van der Waals surface area contributed by atoms with Crippen LogP contribution in [0.25, 0.3) is 5.57 Å². The summed E-state index contributed by atoms with van der Waals surface area (Å²) in [5, 5.41) is 3.41. The molecule has 28 heavy (non-hydrogen) atoms. The summed E-state index contributed by atoms with van der Waals surface area (Å²) in [7, 11) is 0. The summed E-state index contributed by atoms with van der Waals surface area (Å²) in [6, 6.07) is 9.03. The Morgan fingerprint density at radius 1 is 1.00 bits per heavy atom. The van der Waals surface area contributed by atoms with Crippen LogP contribution in [0.2, 0.25) is 0 Å². The Bertz CT molecular complexity index is 791. The van der Waals surface area contributed by atoms with Gasteiger partial charge in [-0.1, -0.05) is 73.6 Å². The lowest BCUT2D eigenvalue weighted by molar-refractivity contribution is 0.724. The third kappa shape index (κ3) is 5.86. The van der Waals surface area contributed by atoms with Crippen molar-refractivity contribution in [2.24, 2.45) is 5.92 Å². The van der Waals surface area contributed by atoms with Gasteiger partial charge < -0.3 is 5.32 Å². The van der Waals surface area contributed by atoms with Crippen molar-refractivity contribution in [1.29, 1.82) is 0 Å². The molecule has 1 rings (SSSR count). The minimum absolute atomic E-state index is 0.179. The molecule has 0 fully saturated rings. The van der Waals surface area contributed by atoms with E-state index in [0.29, 0.717) is 5.92 Å². The van der Waals surface area contributed by atoms with E-state index in [9.17, 15) is 0 Å². The lowest BCUT2D eigenvalue weighted by Gasteiger charge is -2.27. The number of benzene rings is 1. The van der Waals surface area contributed by atoms with Crippen molar-refractivity contribution >= 4 is 5.57 Å². The fraction of sp³-hybridized carbons (Fsp3) is 0.407. The molecule has 0 amide bonds. The smallest absolute Gasteiger partial charge is 0.0485 e. The summed E-state index contributed by atoms with van der Waals surface area (Å²) in [6.45, 7) is 23.8. The maximum Gasteiger partial charge on any atom is 0.0485 e. The van der Waals surface area contributed by atoms with Crippen LogP contribution in [0.5, 0.6) is 0 Å². The molecule has 1 atom stereocenters. The van der Waals surface area contributed by atoms with Crippen LogP contribution in [0, 0.1) is 12.8 Å². The van der Waals surface area contributed by atoms with Gasteiger partial charge in [-0.2, -0.15) is 0 Å². The number of hydrogen-bond donors (Lipinski definition) is 1. The molecule has 0 aliphatic rings. The van der Waals surface area contributed by atoms with Gasteiger partial charge in [-0.15, -0.1) is 0 Å². The van der Waals surface area contributed by atoms with Gasteiger partial charge in [-0.3, -0.25) is 0 Å². The molecule has 0 saturated heterocycles. The average Bonchev–Trinajstić information content (AvgIpc) is 2.63. The van der Waals surface area contributed by atoms with Gasteiger partial charge in [-0.25, -0.2) is 0 Å². The molecule has 0 saturated carbocycles. The summed E-state index contributed by atoms with van der Waals surface area (Å²) in [5.74, 6) is 0.480. The number of aryl methyl sites for hydroxylation is 1. The van der Waals surface area contributed by atoms with Gasteiger partial charge in [0.25, 0.3) is 0 Å². The van der Waals surface area contributed by atoms with Crippen LogP contribution in [0.15, 0.2) is 77.1 Å². The van der Waals surface area contributed by atoms with Gasteiger partial charge in [0.1, 0.15) is 0 Å². The lowest BCUT2D eigenvalue weighted by atomic mass is 9.81. The van der Waals surface area contributed by atoms with E-state index in [2.05, 4.69) is 111 Å². The van der Waals surface area contributed by atoms with E-state index in [-0.39, 0.29) is 6.04 Å². The van der Waals surface area contributed by atoms with Crippen LogP contribution in [0.1, 0.15) is 66.5 Å². The molecular weight excluding hydrogens is 338 g/mol. The van der Waals surface area contributed by atoms with Crippen LogP contribution >= 0.6 is 0 Å². The molecule has 1 N–H and O–H groups in total. The second kappa shape index (κ2) is 10.9. The molecule has 1 nitrogen and oxygen atoms in total. The first-order valence-corrected chi connectivity index (χ1v) is 10.3. The molecule has 1 heteroatoms. The highest BCUT2D eigenvalue weighted by Crippen LogP contribution is 2.36. The first kappa shape index (κ1) is 23.8. The zero-order valence-electron chi connectivity index (χ0n) is 19.4. The molecule has 0 radical (unpaired) electrons. The summed E-state index contributed by atoms with van der Waals surface area (Å²) in [4.78, 5) is 0. The molecule has 0 bridgehead atoms. The van der Waals surface area contributed by atoms with Crippen molar-refractivity contribution < 1.29 is 0 Å². The largest absolute Gasteiger partial charge is 0.385 e. The predicted octanol–water partition coefficient (Wildman–Crippen LogP) is 7.78. The molecule has 1 aromatic rings. The highest BCUT2D eigenvalue weighted by molar-refractivity contribution is 5.78.